The largest absolute Gasteiger partial charge is 0.339 e. The van der Waals surface area contributed by atoms with Gasteiger partial charge in [-0.25, -0.2) is 12.7 Å². The van der Waals surface area contributed by atoms with Gasteiger partial charge in [0.05, 0.1) is 12.2 Å². The van der Waals surface area contributed by atoms with E-state index < -0.39 is 10.0 Å². The molecule has 0 spiro atoms. The van der Waals surface area contributed by atoms with Crippen molar-refractivity contribution in [1.29, 1.82) is 0 Å². The molecule has 0 unspecified atom stereocenters. The zero-order chi connectivity index (χ0) is 15.7. The number of piperidine rings is 1. The topological polar surface area (TPSA) is 76.3 Å². The van der Waals surface area contributed by atoms with Gasteiger partial charge in [0, 0.05) is 23.1 Å². The molecule has 0 aliphatic carbocycles. The first-order chi connectivity index (χ1) is 10.4. The lowest BCUT2D eigenvalue weighted by atomic mass is 10.00. The fraction of sp³-hybridized carbons (Fsp3) is 0.429. The number of sulfonamides is 1. The standard InChI is InChI=1S/C14H16BrN3O3S/c1-22(19,20)18-8-2-3-11(9-18)14-16-13(17-21-14)10-4-6-12(15)7-5-10/h4-7,11H,2-3,8-9H2,1H3/t11-/m1/s1. The molecule has 0 bridgehead atoms. The van der Waals surface area contributed by atoms with Crippen molar-refractivity contribution in [2.45, 2.75) is 18.8 Å². The minimum atomic E-state index is -3.18. The highest BCUT2D eigenvalue weighted by Gasteiger charge is 2.30. The number of halogens is 1. The number of aromatic nitrogens is 2. The van der Waals surface area contributed by atoms with E-state index >= 15 is 0 Å². The molecule has 1 atom stereocenters. The van der Waals surface area contributed by atoms with E-state index in [0.717, 1.165) is 22.9 Å². The minimum Gasteiger partial charge on any atom is -0.339 e. The Bertz CT molecular complexity index is 758. The van der Waals surface area contributed by atoms with Crippen LogP contribution >= 0.6 is 15.9 Å². The van der Waals surface area contributed by atoms with Gasteiger partial charge in [0.1, 0.15) is 0 Å². The van der Waals surface area contributed by atoms with E-state index in [9.17, 15) is 8.42 Å². The van der Waals surface area contributed by atoms with Gasteiger partial charge in [0.25, 0.3) is 0 Å². The second-order valence-electron chi connectivity index (χ2n) is 5.42. The van der Waals surface area contributed by atoms with E-state index in [2.05, 4.69) is 26.1 Å². The van der Waals surface area contributed by atoms with E-state index in [4.69, 9.17) is 4.52 Å². The molecule has 1 aliphatic rings. The average molecular weight is 386 g/mol. The highest BCUT2D eigenvalue weighted by molar-refractivity contribution is 9.10. The third-order valence-corrected chi connectivity index (χ3v) is 5.54. The van der Waals surface area contributed by atoms with Crippen LogP contribution in [0.3, 0.4) is 0 Å². The smallest absolute Gasteiger partial charge is 0.231 e. The first-order valence-corrected chi connectivity index (χ1v) is 9.62. The minimum absolute atomic E-state index is 0.0415. The zero-order valence-corrected chi connectivity index (χ0v) is 14.5. The van der Waals surface area contributed by atoms with E-state index in [1.165, 1.54) is 10.6 Å². The Hall–Kier alpha value is -1.25. The summed E-state index contributed by atoms with van der Waals surface area (Å²) in [6.07, 6.45) is 2.89. The summed E-state index contributed by atoms with van der Waals surface area (Å²) in [5.74, 6) is 0.991. The molecule has 3 rings (SSSR count). The van der Waals surface area contributed by atoms with Gasteiger partial charge in [-0.2, -0.15) is 4.98 Å². The molecule has 22 heavy (non-hydrogen) atoms. The van der Waals surface area contributed by atoms with Crippen molar-refractivity contribution >= 4 is 26.0 Å². The Morgan fingerprint density at radius 3 is 2.73 bits per heavy atom. The van der Waals surface area contributed by atoms with E-state index in [1.807, 2.05) is 24.3 Å². The number of hydrogen-bond acceptors (Lipinski definition) is 5. The first kappa shape index (κ1) is 15.6. The van der Waals surface area contributed by atoms with Crippen LogP contribution in [0.15, 0.2) is 33.3 Å². The summed E-state index contributed by atoms with van der Waals surface area (Å²) in [4.78, 5) is 4.44. The molecule has 6 nitrogen and oxygen atoms in total. The maximum absolute atomic E-state index is 11.7. The van der Waals surface area contributed by atoms with Crippen molar-refractivity contribution in [2.24, 2.45) is 0 Å². The fourth-order valence-corrected chi connectivity index (χ4v) is 3.74. The Morgan fingerprint density at radius 1 is 1.32 bits per heavy atom. The molecule has 1 fully saturated rings. The summed E-state index contributed by atoms with van der Waals surface area (Å²) in [5.41, 5.74) is 0.869. The second-order valence-corrected chi connectivity index (χ2v) is 8.32. The Balaban J connectivity index is 1.80. The molecule has 0 saturated carbocycles. The van der Waals surface area contributed by atoms with Crippen LogP contribution in [0.2, 0.25) is 0 Å². The molecule has 0 radical (unpaired) electrons. The van der Waals surface area contributed by atoms with Crippen LogP contribution in [-0.2, 0) is 10.0 Å². The monoisotopic (exact) mass is 385 g/mol. The van der Waals surface area contributed by atoms with E-state index in [-0.39, 0.29) is 5.92 Å². The van der Waals surface area contributed by atoms with Gasteiger partial charge < -0.3 is 4.52 Å². The number of hydrogen-bond donors (Lipinski definition) is 0. The summed E-state index contributed by atoms with van der Waals surface area (Å²) in [6.45, 7) is 0.962. The van der Waals surface area contributed by atoms with E-state index in [0.29, 0.717) is 24.8 Å². The number of rotatable bonds is 3. The van der Waals surface area contributed by atoms with Gasteiger partial charge in [-0.3, -0.25) is 0 Å². The molecule has 2 aromatic rings. The molecule has 1 aliphatic heterocycles. The third kappa shape index (κ3) is 3.39. The molecule has 2 heterocycles. The predicted octanol–water partition coefficient (Wildman–Crippen LogP) is 2.64. The highest BCUT2D eigenvalue weighted by atomic mass is 79.9. The van der Waals surface area contributed by atoms with Gasteiger partial charge in [-0.1, -0.05) is 21.1 Å². The highest BCUT2D eigenvalue weighted by Crippen LogP contribution is 2.28. The lowest BCUT2D eigenvalue weighted by Crippen LogP contribution is -2.38. The van der Waals surface area contributed by atoms with Crippen molar-refractivity contribution in [3.8, 4) is 11.4 Å². The summed E-state index contributed by atoms with van der Waals surface area (Å²) in [5, 5.41) is 4.01. The fourth-order valence-electron chi connectivity index (χ4n) is 2.56. The summed E-state index contributed by atoms with van der Waals surface area (Å²) in [6, 6.07) is 7.64. The van der Waals surface area contributed by atoms with Crippen molar-refractivity contribution in [3.05, 3.63) is 34.6 Å². The molecule has 1 saturated heterocycles. The van der Waals surface area contributed by atoms with Crippen LogP contribution in [0.1, 0.15) is 24.7 Å². The van der Waals surface area contributed by atoms with Crippen molar-refractivity contribution in [3.63, 3.8) is 0 Å². The van der Waals surface area contributed by atoms with Gasteiger partial charge >= 0.3 is 0 Å². The Kier molecular flexibility index (Phi) is 4.33. The summed E-state index contributed by atoms with van der Waals surface area (Å²) < 4.78 is 31.2. The van der Waals surface area contributed by atoms with Crippen LogP contribution in [-0.4, -0.2) is 42.2 Å². The Morgan fingerprint density at radius 2 is 2.05 bits per heavy atom. The lowest BCUT2D eigenvalue weighted by Gasteiger charge is -2.28. The van der Waals surface area contributed by atoms with Crippen LogP contribution in [0.25, 0.3) is 11.4 Å². The molecular formula is C14H16BrN3O3S. The maximum atomic E-state index is 11.7. The molecule has 0 N–H and O–H groups in total. The molecule has 8 heteroatoms. The predicted molar refractivity (Wildman–Crippen MR) is 85.8 cm³/mol. The maximum Gasteiger partial charge on any atom is 0.231 e. The van der Waals surface area contributed by atoms with Crippen LogP contribution in [0, 0.1) is 0 Å². The molecule has 1 aromatic heterocycles. The van der Waals surface area contributed by atoms with Crippen LogP contribution in [0.4, 0.5) is 0 Å². The average Bonchev–Trinajstić information content (AvgIpc) is 2.97. The van der Waals surface area contributed by atoms with E-state index in [1.54, 1.807) is 0 Å². The number of nitrogens with zero attached hydrogens (tertiary/aromatic N) is 3. The summed E-state index contributed by atoms with van der Waals surface area (Å²) in [7, 11) is -3.18. The van der Waals surface area contributed by atoms with Crippen LogP contribution < -0.4 is 0 Å². The SMILES string of the molecule is CS(=O)(=O)N1CCC[C@@H](c2nc(-c3ccc(Br)cc3)no2)C1. The first-order valence-electron chi connectivity index (χ1n) is 6.98. The number of benzene rings is 1. The van der Waals surface area contributed by atoms with Gasteiger partial charge in [0.15, 0.2) is 0 Å². The lowest BCUT2D eigenvalue weighted by molar-refractivity contribution is 0.266. The van der Waals surface area contributed by atoms with Crippen molar-refractivity contribution in [2.75, 3.05) is 19.3 Å². The normalized spacial score (nSPS) is 20.2. The second kappa shape index (κ2) is 6.10. The van der Waals surface area contributed by atoms with Gasteiger partial charge in [-0.05, 0) is 37.1 Å². The zero-order valence-electron chi connectivity index (χ0n) is 12.1. The van der Waals surface area contributed by atoms with Gasteiger partial charge in [-0.15, -0.1) is 0 Å². The van der Waals surface area contributed by atoms with Gasteiger partial charge in [0.2, 0.25) is 21.7 Å². The molecular weight excluding hydrogens is 370 g/mol. The Labute approximate surface area is 137 Å². The third-order valence-electron chi connectivity index (χ3n) is 3.75. The molecule has 1 aromatic carbocycles. The molecule has 118 valence electrons. The van der Waals surface area contributed by atoms with Crippen LogP contribution in [0.5, 0.6) is 0 Å². The van der Waals surface area contributed by atoms with Crippen molar-refractivity contribution in [1.82, 2.24) is 14.4 Å². The quantitative estimate of drug-likeness (QED) is 0.811. The van der Waals surface area contributed by atoms with Crippen molar-refractivity contribution < 1.29 is 12.9 Å². The summed E-state index contributed by atoms with van der Waals surface area (Å²) >= 11 is 3.38. The molecule has 0 amide bonds.